The van der Waals surface area contributed by atoms with Crippen molar-refractivity contribution in [1.82, 2.24) is 4.98 Å². The minimum absolute atomic E-state index is 0.0283. The molecule has 3 nitrogen and oxygen atoms in total. The number of rotatable bonds is 3. The Morgan fingerprint density at radius 1 is 1.14 bits per heavy atom. The van der Waals surface area contributed by atoms with E-state index >= 15 is 0 Å². The van der Waals surface area contributed by atoms with Crippen molar-refractivity contribution < 1.29 is 4.79 Å². The van der Waals surface area contributed by atoms with Crippen LogP contribution in [-0.2, 0) is 0 Å². The first-order valence-electron chi connectivity index (χ1n) is 7.15. The van der Waals surface area contributed by atoms with Gasteiger partial charge in [0.2, 0.25) is 0 Å². The number of benzene rings is 2. The van der Waals surface area contributed by atoms with Crippen molar-refractivity contribution >= 4 is 22.5 Å². The van der Waals surface area contributed by atoms with Gasteiger partial charge in [0.25, 0.3) is 5.91 Å². The Kier molecular flexibility index (Phi) is 3.48. The Hall–Kier alpha value is -2.55. The average molecular weight is 278 g/mol. The van der Waals surface area contributed by atoms with Crippen molar-refractivity contribution in [3.05, 3.63) is 65.9 Å². The van der Waals surface area contributed by atoms with Crippen LogP contribution in [0.3, 0.4) is 0 Å². The fourth-order valence-electron chi connectivity index (χ4n) is 2.63. The number of hydrogen-bond donors (Lipinski definition) is 1. The second-order valence-electron chi connectivity index (χ2n) is 5.14. The molecule has 1 heterocycles. The molecule has 1 aromatic heterocycles. The summed E-state index contributed by atoms with van der Waals surface area (Å²) in [6, 6.07) is 15.9. The highest BCUT2D eigenvalue weighted by Gasteiger charge is 2.19. The molecular weight excluding hydrogens is 260 g/mol. The maximum absolute atomic E-state index is 12.9. The number of para-hydroxylation sites is 1. The van der Waals surface area contributed by atoms with Crippen LogP contribution in [0.1, 0.15) is 22.8 Å². The topological polar surface area (TPSA) is 36.1 Å². The Bertz CT molecular complexity index is 789. The Morgan fingerprint density at radius 2 is 1.95 bits per heavy atom. The molecule has 0 saturated heterocycles. The smallest absolute Gasteiger partial charge is 0.260 e. The molecule has 0 radical (unpaired) electrons. The lowest BCUT2D eigenvalue weighted by Crippen LogP contribution is -2.30. The second kappa shape index (κ2) is 5.44. The first-order chi connectivity index (χ1) is 10.2. The van der Waals surface area contributed by atoms with Crippen LogP contribution in [0.25, 0.3) is 10.9 Å². The van der Waals surface area contributed by atoms with Crippen LogP contribution in [-0.4, -0.2) is 17.4 Å². The fourth-order valence-corrected chi connectivity index (χ4v) is 2.63. The molecule has 0 unspecified atom stereocenters. The maximum atomic E-state index is 12.9. The van der Waals surface area contributed by atoms with E-state index in [0.29, 0.717) is 12.1 Å². The van der Waals surface area contributed by atoms with Crippen LogP contribution >= 0.6 is 0 Å². The highest BCUT2D eigenvalue weighted by molar-refractivity contribution is 6.13. The van der Waals surface area contributed by atoms with Crippen molar-refractivity contribution in [3.63, 3.8) is 0 Å². The standard InChI is InChI=1S/C18H18N2O/c1-3-20(14-8-6-7-13(2)11-14)18(21)16-12-19-17-10-5-4-9-15(16)17/h4-12,19H,3H2,1-2H3. The predicted octanol–water partition coefficient (Wildman–Crippen LogP) is 4.14. The van der Waals surface area contributed by atoms with Crippen LogP contribution in [0.5, 0.6) is 0 Å². The molecule has 0 atom stereocenters. The second-order valence-corrected chi connectivity index (χ2v) is 5.14. The van der Waals surface area contributed by atoms with Crippen molar-refractivity contribution in [2.75, 3.05) is 11.4 Å². The van der Waals surface area contributed by atoms with Gasteiger partial charge in [0, 0.05) is 29.3 Å². The average Bonchev–Trinajstić information content (AvgIpc) is 2.92. The molecule has 2 aromatic carbocycles. The van der Waals surface area contributed by atoms with E-state index in [2.05, 4.69) is 4.98 Å². The number of H-pyrrole nitrogens is 1. The number of hydrogen-bond acceptors (Lipinski definition) is 1. The van der Waals surface area contributed by atoms with Gasteiger partial charge in [-0.15, -0.1) is 0 Å². The zero-order valence-electron chi connectivity index (χ0n) is 12.3. The van der Waals surface area contributed by atoms with Crippen molar-refractivity contribution in [1.29, 1.82) is 0 Å². The molecule has 0 aliphatic rings. The quantitative estimate of drug-likeness (QED) is 0.768. The number of fused-ring (bicyclic) bond motifs is 1. The molecular formula is C18H18N2O. The summed E-state index contributed by atoms with van der Waals surface area (Å²) in [5.41, 5.74) is 3.79. The molecule has 3 heteroatoms. The normalized spacial score (nSPS) is 10.8. The number of nitrogens with one attached hydrogen (secondary N) is 1. The van der Waals surface area contributed by atoms with Crippen LogP contribution in [0.4, 0.5) is 5.69 Å². The third kappa shape index (κ3) is 2.42. The lowest BCUT2D eigenvalue weighted by Gasteiger charge is -2.21. The van der Waals surface area contributed by atoms with Crippen molar-refractivity contribution in [2.45, 2.75) is 13.8 Å². The van der Waals surface area contributed by atoms with Crippen LogP contribution in [0.15, 0.2) is 54.7 Å². The Balaban J connectivity index is 2.03. The number of nitrogens with zero attached hydrogens (tertiary/aromatic N) is 1. The van der Waals surface area contributed by atoms with Gasteiger partial charge in [-0.05, 0) is 37.6 Å². The molecule has 21 heavy (non-hydrogen) atoms. The summed E-state index contributed by atoms with van der Waals surface area (Å²) in [5.74, 6) is 0.0283. The highest BCUT2D eigenvalue weighted by Crippen LogP contribution is 2.23. The molecule has 0 bridgehead atoms. The van der Waals surface area contributed by atoms with Crippen LogP contribution in [0, 0.1) is 6.92 Å². The summed E-state index contributed by atoms with van der Waals surface area (Å²) in [4.78, 5) is 17.8. The largest absolute Gasteiger partial charge is 0.360 e. The number of carbonyl (C=O) groups is 1. The van der Waals surface area contributed by atoms with E-state index in [1.54, 1.807) is 6.20 Å². The lowest BCUT2D eigenvalue weighted by atomic mass is 10.1. The summed E-state index contributed by atoms with van der Waals surface area (Å²) in [6.45, 7) is 4.67. The number of carbonyl (C=O) groups excluding carboxylic acids is 1. The monoisotopic (exact) mass is 278 g/mol. The number of aromatic nitrogens is 1. The van der Waals surface area contributed by atoms with E-state index in [1.807, 2.05) is 67.3 Å². The van der Waals surface area contributed by atoms with Crippen molar-refractivity contribution in [2.24, 2.45) is 0 Å². The molecule has 3 aromatic rings. The molecule has 1 N–H and O–H groups in total. The van der Waals surface area contributed by atoms with Crippen molar-refractivity contribution in [3.8, 4) is 0 Å². The van der Waals surface area contributed by atoms with Crippen LogP contribution < -0.4 is 4.90 Å². The van der Waals surface area contributed by atoms with Gasteiger partial charge in [-0.25, -0.2) is 0 Å². The first-order valence-corrected chi connectivity index (χ1v) is 7.15. The zero-order chi connectivity index (χ0) is 14.8. The number of anilines is 1. The van der Waals surface area contributed by atoms with Gasteiger partial charge in [0.05, 0.1) is 5.56 Å². The fraction of sp³-hybridized carbons (Fsp3) is 0.167. The lowest BCUT2D eigenvalue weighted by molar-refractivity contribution is 0.0990. The minimum atomic E-state index is 0.0283. The van der Waals surface area contributed by atoms with E-state index in [0.717, 1.165) is 22.2 Å². The number of aromatic amines is 1. The number of aryl methyl sites for hydroxylation is 1. The van der Waals surface area contributed by atoms with E-state index < -0.39 is 0 Å². The SMILES string of the molecule is CCN(C(=O)c1c[nH]c2ccccc12)c1cccc(C)c1. The van der Waals surface area contributed by atoms with E-state index in [1.165, 1.54) is 0 Å². The van der Waals surface area contributed by atoms with Gasteiger partial charge >= 0.3 is 0 Å². The third-order valence-electron chi connectivity index (χ3n) is 3.69. The van der Waals surface area contributed by atoms with Gasteiger partial charge in [0.15, 0.2) is 0 Å². The molecule has 0 saturated carbocycles. The number of amides is 1. The Morgan fingerprint density at radius 3 is 2.71 bits per heavy atom. The summed E-state index contributed by atoms with van der Waals surface area (Å²) >= 11 is 0. The molecule has 0 spiro atoms. The van der Waals surface area contributed by atoms with E-state index in [4.69, 9.17) is 0 Å². The highest BCUT2D eigenvalue weighted by atomic mass is 16.2. The molecule has 0 fully saturated rings. The predicted molar refractivity (Wildman–Crippen MR) is 86.8 cm³/mol. The van der Waals surface area contributed by atoms with Crippen LogP contribution in [0.2, 0.25) is 0 Å². The van der Waals surface area contributed by atoms with E-state index in [-0.39, 0.29) is 5.91 Å². The molecule has 0 aliphatic carbocycles. The van der Waals surface area contributed by atoms with Gasteiger partial charge in [-0.2, -0.15) is 0 Å². The molecule has 3 rings (SSSR count). The minimum Gasteiger partial charge on any atom is -0.360 e. The summed E-state index contributed by atoms with van der Waals surface area (Å²) in [5, 5.41) is 0.966. The molecule has 0 aliphatic heterocycles. The third-order valence-corrected chi connectivity index (χ3v) is 3.69. The molecule has 106 valence electrons. The first kappa shape index (κ1) is 13.4. The summed E-state index contributed by atoms with van der Waals surface area (Å²) in [7, 11) is 0. The van der Waals surface area contributed by atoms with Gasteiger partial charge in [-0.1, -0.05) is 30.3 Å². The molecule has 1 amide bonds. The van der Waals surface area contributed by atoms with Gasteiger partial charge < -0.3 is 9.88 Å². The summed E-state index contributed by atoms with van der Waals surface area (Å²) < 4.78 is 0. The van der Waals surface area contributed by atoms with Gasteiger partial charge in [-0.3, -0.25) is 4.79 Å². The van der Waals surface area contributed by atoms with E-state index in [9.17, 15) is 4.79 Å². The summed E-state index contributed by atoms with van der Waals surface area (Å²) in [6.07, 6.45) is 1.80. The zero-order valence-corrected chi connectivity index (χ0v) is 12.3. The maximum Gasteiger partial charge on any atom is 0.260 e. The Labute approximate surface area is 124 Å². The van der Waals surface area contributed by atoms with Gasteiger partial charge in [0.1, 0.15) is 0 Å².